The number of carbonyl (C=O) groups is 10. The average molecular weight is 1040 g/mol. The normalized spacial score (nSPS) is 21.0. The van der Waals surface area contributed by atoms with Crippen molar-refractivity contribution in [2.24, 2.45) is 22.9 Å². The van der Waals surface area contributed by atoms with E-state index in [2.05, 4.69) is 58.2 Å². The molecule has 0 spiro atoms. The van der Waals surface area contributed by atoms with Crippen LogP contribution in [0.3, 0.4) is 0 Å². The molecule has 4 rings (SSSR count). The molecular weight excluding hydrogens is 975 g/mol. The summed E-state index contributed by atoms with van der Waals surface area (Å²) in [5.41, 5.74) is 24.0. The molecule has 3 aromatic rings. The second kappa shape index (κ2) is 29.7. The lowest BCUT2D eigenvalue weighted by atomic mass is 10.0. The second-order valence-corrected chi connectivity index (χ2v) is 17.9. The van der Waals surface area contributed by atoms with Crippen LogP contribution in [0.1, 0.15) is 75.8 Å². The van der Waals surface area contributed by atoms with E-state index in [0.717, 1.165) is 10.9 Å². The van der Waals surface area contributed by atoms with E-state index in [4.69, 9.17) is 33.8 Å². The van der Waals surface area contributed by atoms with Gasteiger partial charge in [-0.05, 0) is 62.1 Å². The van der Waals surface area contributed by atoms with Crippen LogP contribution in [0.25, 0.3) is 10.9 Å². The molecule has 406 valence electrons. The molecule has 3 unspecified atom stereocenters. The Kier molecular flexibility index (Phi) is 23.3. The van der Waals surface area contributed by atoms with Crippen LogP contribution in [0, 0.1) is 10.8 Å². The van der Waals surface area contributed by atoms with Gasteiger partial charge in [-0.3, -0.25) is 58.8 Å². The standard InChI is InChI=1S/C48H69N17O10/c1-26(66)59-32(14-8-20-56-47(51)52)41(70)61-33-15-7-19-55-39(68)18-17-31(40(50)69)60-45(74)36(23-28-25-58-30-13-6-5-12-29(28)30)64-42(71)34(16-9-21-57-48(53)54)62-44(73)35(22-27-10-3-2-4-11-27)63-46(75)37(24-38(49)67)65-43(33)72/h2-6,10-13,25,31-37,58H,7-9,14-24H2,1H3,(H2,49,67)(H2,50,69)(H,55,68)(H,59,66)(H,60,74)(H,61,70)(H,62,73)(H,63,75)(H,64,71)(H,65,72)(H4,51,52,56)(H4,53,54,57)/t31?,32-,33?,34-,35?,36-,37-/m0/s1. The monoisotopic (exact) mass is 1040 g/mol. The lowest BCUT2D eigenvalue weighted by Crippen LogP contribution is -2.61. The maximum atomic E-state index is 14.5. The van der Waals surface area contributed by atoms with Crippen molar-refractivity contribution in [3.63, 3.8) is 0 Å². The van der Waals surface area contributed by atoms with E-state index in [0.29, 0.717) is 11.1 Å². The zero-order valence-electron chi connectivity index (χ0n) is 41.6. The van der Waals surface area contributed by atoms with Gasteiger partial charge in [0.1, 0.15) is 42.3 Å². The van der Waals surface area contributed by atoms with Crippen LogP contribution in [0.15, 0.2) is 60.8 Å². The van der Waals surface area contributed by atoms with Crippen molar-refractivity contribution in [2.75, 3.05) is 19.6 Å². The van der Waals surface area contributed by atoms with Crippen LogP contribution in [-0.2, 0) is 60.8 Å². The molecule has 10 amide bonds. The molecule has 1 saturated heterocycles. The highest BCUT2D eigenvalue weighted by Crippen LogP contribution is 2.20. The molecule has 1 aliphatic rings. The number of aromatic amines is 1. The highest BCUT2D eigenvalue weighted by Gasteiger charge is 2.35. The third kappa shape index (κ3) is 20.3. The minimum Gasteiger partial charge on any atom is -0.370 e. The first kappa shape index (κ1) is 58.8. The van der Waals surface area contributed by atoms with Crippen molar-refractivity contribution in [3.05, 3.63) is 71.9 Å². The number of benzene rings is 2. The fourth-order valence-corrected chi connectivity index (χ4v) is 8.13. The molecule has 0 saturated carbocycles. The van der Waals surface area contributed by atoms with E-state index in [1.54, 1.807) is 54.7 Å². The number of hydrogen-bond acceptors (Lipinski definition) is 12. The molecule has 1 fully saturated rings. The summed E-state index contributed by atoms with van der Waals surface area (Å²) in [7, 11) is 0. The summed E-state index contributed by atoms with van der Waals surface area (Å²) in [5.74, 6) is -9.37. The highest BCUT2D eigenvalue weighted by atomic mass is 16.2. The van der Waals surface area contributed by atoms with E-state index in [9.17, 15) is 47.9 Å². The first-order valence-electron chi connectivity index (χ1n) is 24.4. The van der Waals surface area contributed by atoms with E-state index in [1.807, 2.05) is 6.07 Å². The first-order valence-corrected chi connectivity index (χ1v) is 24.4. The molecule has 2 heterocycles. The molecule has 0 radical (unpaired) electrons. The van der Waals surface area contributed by atoms with Crippen molar-refractivity contribution in [2.45, 2.75) is 120 Å². The number of rotatable bonds is 18. The van der Waals surface area contributed by atoms with E-state index in [-0.39, 0.29) is 95.8 Å². The molecular formula is C48H69N17O10. The maximum Gasteiger partial charge on any atom is 0.243 e. The first-order chi connectivity index (χ1) is 35.7. The number of primary amides is 2. The van der Waals surface area contributed by atoms with Crippen LogP contribution in [0.4, 0.5) is 0 Å². The van der Waals surface area contributed by atoms with Crippen LogP contribution in [0.5, 0.6) is 0 Å². The highest BCUT2D eigenvalue weighted by molar-refractivity contribution is 5.99. The third-order valence-corrected chi connectivity index (χ3v) is 11.9. The minimum absolute atomic E-state index is 0.0145. The lowest BCUT2D eigenvalue weighted by Gasteiger charge is -2.28. The number of nitrogens with one attached hydrogen (secondary N) is 13. The summed E-state index contributed by atoms with van der Waals surface area (Å²) in [5, 5.41) is 41.7. The van der Waals surface area contributed by atoms with Crippen molar-refractivity contribution in [3.8, 4) is 0 Å². The predicted octanol–water partition coefficient (Wildman–Crippen LogP) is -4.06. The topological polar surface area (TPSA) is 459 Å². The van der Waals surface area contributed by atoms with Crippen molar-refractivity contribution >= 4 is 81.9 Å². The van der Waals surface area contributed by atoms with Gasteiger partial charge in [0, 0.05) is 62.9 Å². The number of para-hydroxylation sites is 1. The van der Waals surface area contributed by atoms with E-state index >= 15 is 0 Å². The largest absolute Gasteiger partial charge is 0.370 e. The van der Waals surface area contributed by atoms with Gasteiger partial charge in [0.25, 0.3) is 0 Å². The van der Waals surface area contributed by atoms with Crippen LogP contribution in [-0.4, -0.2) is 138 Å². The SMILES string of the molecule is CC(=O)N[C@@H](CCCNC(=N)N)C(=O)NC1CCCNC(=O)CCC(C(N)=O)NC(=O)[C@H](Cc2c[nH]c3ccccc23)NC(=O)[C@H](CCCNC(=N)N)NC(=O)C(Cc2ccccc2)NC(=O)[C@H](CC(N)=O)NC1=O. The van der Waals surface area contributed by atoms with Gasteiger partial charge in [0.15, 0.2) is 11.9 Å². The molecule has 1 aromatic heterocycles. The number of hydrogen-bond donors (Lipinski definition) is 17. The Balaban J connectivity index is 1.77. The van der Waals surface area contributed by atoms with Gasteiger partial charge in [-0.1, -0.05) is 48.5 Å². The van der Waals surface area contributed by atoms with Gasteiger partial charge in [-0.2, -0.15) is 0 Å². The average Bonchev–Trinajstić information content (AvgIpc) is 3.76. The Morgan fingerprint density at radius 3 is 1.93 bits per heavy atom. The summed E-state index contributed by atoms with van der Waals surface area (Å²) in [6, 6.07) is 5.44. The summed E-state index contributed by atoms with van der Waals surface area (Å²) >= 11 is 0. The summed E-state index contributed by atoms with van der Waals surface area (Å²) in [6.07, 6.45) is 0.0511. The van der Waals surface area contributed by atoms with Crippen LogP contribution in [0.2, 0.25) is 0 Å². The smallest absolute Gasteiger partial charge is 0.243 e. The Morgan fingerprint density at radius 2 is 1.28 bits per heavy atom. The van der Waals surface area contributed by atoms with Gasteiger partial charge in [0.05, 0.1) is 6.42 Å². The van der Waals surface area contributed by atoms with Crippen molar-refractivity contribution < 1.29 is 47.9 Å². The number of carbonyl (C=O) groups excluding carboxylic acids is 10. The number of guanidine groups is 2. The van der Waals surface area contributed by atoms with E-state index < -0.39 is 108 Å². The molecule has 1 aliphatic heterocycles. The molecule has 7 atom stereocenters. The molecule has 75 heavy (non-hydrogen) atoms. The van der Waals surface area contributed by atoms with Gasteiger partial charge < -0.3 is 81.1 Å². The lowest BCUT2D eigenvalue weighted by molar-refractivity contribution is -0.136. The Labute approximate surface area is 432 Å². The summed E-state index contributed by atoms with van der Waals surface area (Å²) in [4.78, 5) is 139. The second-order valence-electron chi connectivity index (χ2n) is 17.9. The van der Waals surface area contributed by atoms with Gasteiger partial charge >= 0.3 is 0 Å². The van der Waals surface area contributed by atoms with Gasteiger partial charge in [-0.15, -0.1) is 0 Å². The predicted molar refractivity (Wildman–Crippen MR) is 274 cm³/mol. The molecule has 27 heteroatoms. The fourth-order valence-electron chi connectivity index (χ4n) is 8.13. The number of aromatic nitrogens is 1. The zero-order chi connectivity index (χ0) is 55.0. The maximum absolute atomic E-state index is 14.5. The van der Waals surface area contributed by atoms with Crippen molar-refractivity contribution in [1.82, 2.24) is 58.2 Å². The minimum atomic E-state index is -1.75. The number of nitrogens with two attached hydrogens (primary N) is 4. The molecule has 2 aromatic carbocycles. The Hall–Kier alpha value is -8.78. The van der Waals surface area contributed by atoms with Gasteiger partial charge in [0.2, 0.25) is 59.1 Å². The number of fused-ring (bicyclic) bond motifs is 1. The molecule has 0 aliphatic carbocycles. The molecule has 0 bridgehead atoms. The van der Waals surface area contributed by atoms with Crippen LogP contribution < -0.4 is 76.1 Å². The molecule has 27 nitrogen and oxygen atoms in total. The van der Waals surface area contributed by atoms with Gasteiger partial charge in [-0.25, -0.2) is 0 Å². The quantitative estimate of drug-likeness (QED) is 0.0328. The van der Waals surface area contributed by atoms with Crippen molar-refractivity contribution in [1.29, 1.82) is 10.8 Å². The van der Waals surface area contributed by atoms with Crippen LogP contribution >= 0.6 is 0 Å². The number of H-pyrrole nitrogens is 1. The van der Waals surface area contributed by atoms with E-state index in [1.165, 1.54) is 6.92 Å². The summed E-state index contributed by atoms with van der Waals surface area (Å²) in [6.45, 7) is 1.33. The zero-order valence-corrected chi connectivity index (χ0v) is 41.6. The molecule has 21 N–H and O–H groups in total. The summed E-state index contributed by atoms with van der Waals surface area (Å²) < 4.78 is 0. The Morgan fingerprint density at radius 1 is 0.693 bits per heavy atom. The fraction of sp³-hybridized carbons (Fsp3) is 0.458. The Bertz CT molecular complexity index is 2540. The third-order valence-electron chi connectivity index (χ3n) is 11.9. The number of amides is 10.